The van der Waals surface area contributed by atoms with E-state index in [0.717, 1.165) is 46.4 Å². The summed E-state index contributed by atoms with van der Waals surface area (Å²) >= 11 is 3.53. The second-order valence-corrected chi connectivity index (χ2v) is 6.16. The lowest BCUT2D eigenvalue weighted by Gasteiger charge is -2.09. The SMILES string of the molecule is CCCc1nc2cc(N)ccc2n1Cc1cccc(Br)c1. The predicted molar refractivity (Wildman–Crippen MR) is 91.4 cm³/mol. The second kappa shape index (κ2) is 5.90. The van der Waals surface area contributed by atoms with Crippen molar-refractivity contribution in [3.05, 3.63) is 58.3 Å². The molecule has 108 valence electrons. The summed E-state index contributed by atoms with van der Waals surface area (Å²) < 4.78 is 3.39. The molecule has 21 heavy (non-hydrogen) atoms. The van der Waals surface area contributed by atoms with E-state index in [9.17, 15) is 0 Å². The van der Waals surface area contributed by atoms with Gasteiger partial charge in [0.15, 0.2) is 0 Å². The number of nitrogens with zero attached hydrogens (tertiary/aromatic N) is 2. The standard InChI is InChI=1S/C17H18BrN3/c1-2-4-17-20-15-10-14(19)7-8-16(15)21(17)11-12-5-3-6-13(18)9-12/h3,5-10H,2,4,11,19H2,1H3. The lowest BCUT2D eigenvalue weighted by atomic mass is 10.2. The van der Waals surface area contributed by atoms with Crippen LogP contribution in [0, 0.1) is 0 Å². The number of halogens is 1. The molecule has 4 heteroatoms. The summed E-state index contributed by atoms with van der Waals surface area (Å²) in [5.74, 6) is 1.12. The predicted octanol–water partition coefficient (Wildman–Crippen LogP) is 4.38. The van der Waals surface area contributed by atoms with Gasteiger partial charge < -0.3 is 10.3 Å². The van der Waals surface area contributed by atoms with Gasteiger partial charge >= 0.3 is 0 Å². The summed E-state index contributed by atoms with van der Waals surface area (Å²) in [6.45, 7) is 3.01. The molecule has 2 N–H and O–H groups in total. The van der Waals surface area contributed by atoms with Gasteiger partial charge in [-0.05, 0) is 42.3 Å². The molecule has 0 aliphatic heterocycles. The third kappa shape index (κ3) is 2.95. The van der Waals surface area contributed by atoms with Crippen LogP contribution in [0.15, 0.2) is 46.9 Å². The third-order valence-electron chi connectivity index (χ3n) is 3.55. The number of hydrogen-bond acceptors (Lipinski definition) is 2. The Morgan fingerprint density at radius 2 is 2.05 bits per heavy atom. The van der Waals surface area contributed by atoms with Gasteiger partial charge in [0.2, 0.25) is 0 Å². The number of aromatic nitrogens is 2. The molecule has 0 saturated carbocycles. The van der Waals surface area contributed by atoms with E-state index in [1.165, 1.54) is 5.56 Å². The molecule has 0 atom stereocenters. The van der Waals surface area contributed by atoms with Gasteiger partial charge in [0.1, 0.15) is 5.82 Å². The van der Waals surface area contributed by atoms with Crippen LogP contribution in [-0.4, -0.2) is 9.55 Å². The molecule has 1 aromatic heterocycles. The summed E-state index contributed by atoms with van der Waals surface area (Å²) in [6.07, 6.45) is 2.06. The van der Waals surface area contributed by atoms with Gasteiger partial charge in [0.25, 0.3) is 0 Å². The topological polar surface area (TPSA) is 43.8 Å². The Kier molecular flexibility index (Phi) is 3.97. The second-order valence-electron chi connectivity index (χ2n) is 5.24. The van der Waals surface area contributed by atoms with Crippen LogP contribution < -0.4 is 5.73 Å². The molecule has 0 unspecified atom stereocenters. The van der Waals surface area contributed by atoms with Gasteiger partial charge in [-0.2, -0.15) is 0 Å². The zero-order valence-electron chi connectivity index (χ0n) is 12.0. The molecule has 0 radical (unpaired) electrons. The average Bonchev–Trinajstić information content (AvgIpc) is 2.76. The number of imidazole rings is 1. The number of rotatable bonds is 4. The molecule has 0 bridgehead atoms. The van der Waals surface area contributed by atoms with E-state index in [1.807, 2.05) is 18.2 Å². The number of benzene rings is 2. The zero-order chi connectivity index (χ0) is 14.8. The minimum Gasteiger partial charge on any atom is -0.399 e. The molecule has 0 amide bonds. The van der Waals surface area contributed by atoms with Gasteiger partial charge in [-0.1, -0.05) is 35.0 Å². The maximum atomic E-state index is 5.87. The van der Waals surface area contributed by atoms with Gasteiger partial charge in [-0.25, -0.2) is 4.98 Å². The number of hydrogen-bond donors (Lipinski definition) is 1. The Morgan fingerprint density at radius 1 is 1.19 bits per heavy atom. The Balaban J connectivity index is 2.08. The Hall–Kier alpha value is -1.81. The van der Waals surface area contributed by atoms with Crippen molar-refractivity contribution in [2.24, 2.45) is 0 Å². The fourth-order valence-corrected chi connectivity index (χ4v) is 3.05. The van der Waals surface area contributed by atoms with Gasteiger partial charge in [-0.15, -0.1) is 0 Å². The highest BCUT2D eigenvalue weighted by Gasteiger charge is 2.11. The highest BCUT2D eigenvalue weighted by molar-refractivity contribution is 9.10. The Morgan fingerprint density at radius 3 is 2.81 bits per heavy atom. The van der Waals surface area contributed by atoms with Crippen LogP contribution in [0.2, 0.25) is 0 Å². The minimum absolute atomic E-state index is 0.762. The first kappa shape index (κ1) is 14.1. The van der Waals surface area contributed by atoms with E-state index in [2.05, 4.69) is 51.7 Å². The fourth-order valence-electron chi connectivity index (χ4n) is 2.61. The van der Waals surface area contributed by atoms with E-state index < -0.39 is 0 Å². The summed E-state index contributed by atoms with van der Waals surface area (Å²) in [7, 11) is 0. The first-order valence-electron chi connectivity index (χ1n) is 7.16. The maximum absolute atomic E-state index is 5.87. The number of fused-ring (bicyclic) bond motifs is 1. The van der Waals surface area contributed by atoms with Crippen molar-refractivity contribution in [1.82, 2.24) is 9.55 Å². The van der Waals surface area contributed by atoms with Crippen LogP contribution in [0.25, 0.3) is 11.0 Å². The number of anilines is 1. The smallest absolute Gasteiger partial charge is 0.110 e. The molecule has 3 nitrogen and oxygen atoms in total. The molecule has 2 aromatic carbocycles. The molecule has 0 spiro atoms. The van der Waals surface area contributed by atoms with Crippen LogP contribution in [0.4, 0.5) is 5.69 Å². The molecule has 3 rings (SSSR count). The van der Waals surface area contributed by atoms with Crippen molar-refractivity contribution in [2.45, 2.75) is 26.3 Å². The van der Waals surface area contributed by atoms with Crippen molar-refractivity contribution in [2.75, 3.05) is 5.73 Å². The molecule has 0 aliphatic rings. The highest BCUT2D eigenvalue weighted by Crippen LogP contribution is 2.22. The van der Waals surface area contributed by atoms with Crippen LogP contribution >= 0.6 is 15.9 Å². The number of aryl methyl sites for hydroxylation is 1. The largest absolute Gasteiger partial charge is 0.399 e. The quantitative estimate of drug-likeness (QED) is 0.714. The van der Waals surface area contributed by atoms with E-state index in [1.54, 1.807) is 0 Å². The van der Waals surface area contributed by atoms with Gasteiger partial charge in [0, 0.05) is 23.1 Å². The number of nitrogen functional groups attached to an aromatic ring is 1. The van der Waals surface area contributed by atoms with E-state index in [-0.39, 0.29) is 0 Å². The molecular weight excluding hydrogens is 326 g/mol. The molecule has 0 fully saturated rings. The maximum Gasteiger partial charge on any atom is 0.110 e. The van der Waals surface area contributed by atoms with Crippen LogP contribution in [0.1, 0.15) is 24.7 Å². The summed E-state index contributed by atoms with van der Waals surface area (Å²) in [4.78, 5) is 4.75. The van der Waals surface area contributed by atoms with Crippen LogP contribution in [-0.2, 0) is 13.0 Å². The Labute approximate surface area is 132 Å². The number of nitrogens with two attached hydrogens (primary N) is 1. The molecular formula is C17H18BrN3. The summed E-state index contributed by atoms with van der Waals surface area (Å²) in [6, 6.07) is 14.4. The van der Waals surface area contributed by atoms with Crippen molar-refractivity contribution in [3.63, 3.8) is 0 Å². The lowest BCUT2D eigenvalue weighted by molar-refractivity contribution is 0.721. The summed E-state index contributed by atoms with van der Waals surface area (Å²) in [5.41, 5.74) is 10.0. The van der Waals surface area contributed by atoms with Crippen molar-refractivity contribution in [3.8, 4) is 0 Å². The first-order chi connectivity index (χ1) is 10.2. The normalized spacial score (nSPS) is 11.1. The molecule has 1 heterocycles. The van der Waals surface area contributed by atoms with E-state index >= 15 is 0 Å². The monoisotopic (exact) mass is 343 g/mol. The Bertz CT molecular complexity index is 777. The molecule has 0 saturated heterocycles. The lowest BCUT2D eigenvalue weighted by Crippen LogP contribution is -2.05. The van der Waals surface area contributed by atoms with Crippen LogP contribution in [0.5, 0.6) is 0 Å². The zero-order valence-corrected chi connectivity index (χ0v) is 13.6. The molecule has 0 aliphatic carbocycles. The fraction of sp³-hybridized carbons (Fsp3) is 0.235. The minimum atomic E-state index is 0.762. The average molecular weight is 344 g/mol. The third-order valence-corrected chi connectivity index (χ3v) is 4.05. The van der Waals surface area contributed by atoms with E-state index in [0.29, 0.717) is 0 Å². The van der Waals surface area contributed by atoms with Crippen molar-refractivity contribution < 1.29 is 0 Å². The summed E-state index contributed by atoms with van der Waals surface area (Å²) in [5, 5.41) is 0. The van der Waals surface area contributed by atoms with Gasteiger partial charge in [0.05, 0.1) is 11.0 Å². The van der Waals surface area contributed by atoms with Crippen molar-refractivity contribution in [1.29, 1.82) is 0 Å². The van der Waals surface area contributed by atoms with E-state index in [4.69, 9.17) is 10.7 Å². The van der Waals surface area contributed by atoms with Gasteiger partial charge in [-0.3, -0.25) is 0 Å². The van der Waals surface area contributed by atoms with Crippen LogP contribution in [0.3, 0.4) is 0 Å². The molecule has 3 aromatic rings. The highest BCUT2D eigenvalue weighted by atomic mass is 79.9. The first-order valence-corrected chi connectivity index (χ1v) is 7.95. The van der Waals surface area contributed by atoms with Crippen molar-refractivity contribution >= 4 is 32.7 Å².